The monoisotopic (exact) mass is 374 g/mol. The Morgan fingerprint density at radius 3 is 2.46 bits per heavy atom. The molecule has 28 heavy (non-hydrogen) atoms. The second-order valence-electron chi connectivity index (χ2n) is 6.81. The summed E-state index contributed by atoms with van der Waals surface area (Å²) in [7, 11) is 0. The van der Waals surface area contributed by atoms with E-state index in [0.29, 0.717) is 12.4 Å². The SMILES string of the molecule is CCc1nn2c(c1-c1ccccc1)NC(=O)C2CC(=O)NCc1ccccc1. The molecular formula is C22H22N4O2. The maximum atomic E-state index is 12.5. The highest BCUT2D eigenvalue weighted by Crippen LogP contribution is 2.38. The first kappa shape index (κ1) is 18.0. The summed E-state index contributed by atoms with van der Waals surface area (Å²) in [5.41, 5.74) is 3.88. The summed E-state index contributed by atoms with van der Waals surface area (Å²) in [4.78, 5) is 25.0. The van der Waals surface area contributed by atoms with Crippen LogP contribution in [0.5, 0.6) is 0 Å². The van der Waals surface area contributed by atoms with Crippen molar-refractivity contribution in [1.29, 1.82) is 0 Å². The van der Waals surface area contributed by atoms with E-state index < -0.39 is 6.04 Å². The highest BCUT2D eigenvalue weighted by Gasteiger charge is 2.36. The molecule has 0 spiro atoms. The fourth-order valence-corrected chi connectivity index (χ4v) is 3.52. The molecule has 0 aliphatic carbocycles. The molecule has 2 heterocycles. The Bertz CT molecular complexity index is 996. The molecule has 1 aromatic heterocycles. The lowest BCUT2D eigenvalue weighted by atomic mass is 10.0. The average Bonchev–Trinajstić information content (AvgIpc) is 3.23. The van der Waals surface area contributed by atoms with Gasteiger partial charge in [-0.05, 0) is 17.5 Å². The van der Waals surface area contributed by atoms with Crippen molar-refractivity contribution in [2.75, 3.05) is 5.32 Å². The number of carbonyl (C=O) groups is 2. The molecule has 142 valence electrons. The molecule has 0 radical (unpaired) electrons. The Hall–Kier alpha value is -3.41. The number of nitrogens with one attached hydrogen (secondary N) is 2. The number of aromatic nitrogens is 2. The number of carbonyl (C=O) groups excluding carboxylic acids is 2. The van der Waals surface area contributed by atoms with Crippen LogP contribution in [-0.4, -0.2) is 21.6 Å². The molecule has 1 atom stereocenters. The summed E-state index contributed by atoms with van der Waals surface area (Å²) in [5, 5.41) is 10.5. The number of hydrogen-bond acceptors (Lipinski definition) is 3. The third-order valence-electron chi connectivity index (χ3n) is 4.93. The van der Waals surface area contributed by atoms with Gasteiger partial charge in [0.1, 0.15) is 11.9 Å². The van der Waals surface area contributed by atoms with Gasteiger partial charge in [0.15, 0.2) is 0 Å². The van der Waals surface area contributed by atoms with Gasteiger partial charge >= 0.3 is 0 Å². The van der Waals surface area contributed by atoms with Gasteiger partial charge in [-0.1, -0.05) is 67.6 Å². The zero-order valence-corrected chi connectivity index (χ0v) is 15.7. The van der Waals surface area contributed by atoms with Crippen molar-refractivity contribution in [2.45, 2.75) is 32.4 Å². The summed E-state index contributed by atoms with van der Waals surface area (Å²) >= 11 is 0. The average molecular weight is 374 g/mol. The third-order valence-corrected chi connectivity index (χ3v) is 4.93. The van der Waals surface area contributed by atoms with Gasteiger partial charge in [-0.2, -0.15) is 5.10 Å². The minimum absolute atomic E-state index is 0.0602. The number of benzene rings is 2. The molecular weight excluding hydrogens is 352 g/mol. The molecule has 0 fully saturated rings. The van der Waals surface area contributed by atoms with Gasteiger partial charge in [-0.3, -0.25) is 9.59 Å². The number of fused-ring (bicyclic) bond motifs is 1. The molecule has 0 saturated carbocycles. The molecule has 6 nitrogen and oxygen atoms in total. The van der Waals surface area contributed by atoms with E-state index in [-0.39, 0.29) is 18.2 Å². The molecule has 2 aromatic carbocycles. The van der Waals surface area contributed by atoms with E-state index in [0.717, 1.165) is 28.8 Å². The van der Waals surface area contributed by atoms with E-state index in [1.165, 1.54) is 0 Å². The van der Waals surface area contributed by atoms with Crippen LogP contribution in [0.1, 0.15) is 30.6 Å². The van der Waals surface area contributed by atoms with Crippen molar-refractivity contribution in [3.05, 3.63) is 71.9 Å². The Kier molecular flexibility index (Phi) is 4.93. The van der Waals surface area contributed by atoms with Gasteiger partial charge in [0, 0.05) is 12.1 Å². The van der Waals surface area contributed by atoms with Crippen LogP contribution < -0.4 is 10.6 Å². The first-order chi connectivity index (χ1) is 13.7. The van der Waals surface area contributed by atoms with Gasteiger partial charge in [-0.15, -0.1) is 0 Å². The summed E-state index contributed by atoms with van der Waals surface area (Å²) in [6.45, 7) is 2.48. The van der Waals surface area contributed by atoms with E-state index in [1.54, 1.807) is 4.68 Å². The second-order valence-corrected chi connectivity index (χ2v) is 6.81. The summed E-state index contributed by atoms with van der Waals surface area (Å²) in [5.74, 6) is 0.303. The standard InChI is InChI=1S/C22H22N4O2/c1-2-17-20(16-11-7-4-8-12-16)21-24-22(28)18(26(21)25-17)13-19(27)23-14-15-9-5-3-6-10-15/h3-12,18H,2,13-14H2,1H3,(H,23,27)(H,24,28). The Morgan fingerprint density at radius 2 is 1.79 bits per heavy atom. The van der Waals surface area contributed by atoms with Gasteiger partial charge in [0.2, 0.25) is 5.91 Å². The molecule has 4 rings (SSSR count). The molecule has 3 aromatic rings. The minimum Gasteiger partial charge on any atom is -0.352 e. The smallest absolute Gasteiger partial charge is 0.251 e. The van der Waals surface area contributed by atoms with Gasteiger partial charge < -0.3 is 10.6 Å². The lowest BCUT2D eigenvalue weighted by Gasteiger charge is -2.10. The fraction of sp³-hybridized carbons (Fsp3) is 0.227. The Balaban J connectivity index is 1.54. The Labute approximate surface area is 163 Å². The highest BCUT2D eigenvalue weighted by molar-refractivity contribution is 6.03. The van der Waals surface area contributed by atoms with Gasteiger partial charge in [-0.25, -0.2) is 4.68 Å². The predicted octanol–water partition coefficient (Wildman–Crippen LogP) is 3.31. The van der Waals surface area contributed by atoms with Crippen LogP contribution in [0.2, 0.25) is 0 Å². The van der Waals surface area contributed by atoms with Crippen molar-refractivity contribution in [3.8, 4) is 11.1 Å². The lowest BCUT2D eigenvalue weighted by Crippen LogP contribution is -2.28. The third kappa shape index (κ3) is 3.41. The summed E-state index contributed by atoms with van der Waals surface area (Å²) in [6.07, 6.45) is 0.803. The zero-order chi connectivity index (χ0) is 19.5. The first-order valence-electron chi connectivity index (χ1n) is 9.45. The quantitative estimate of drug-likeness (QED) is 0.695. The second kappa shape index (κ2) is 7.68. The molecule has 0 saturated heterocycles. The number of anilines is 1. The van der Waals surface area contributed by atoms with Crippen molar-refractivity contribution in [2.24, 2.45) is 0 Å². The molecule has 0 bridgehead atoms. The van der Waals surface area contributed by atoms with Gasteiger partial charge in [0.25, 0.3) is 5.91 Å². The molecule has 1 unspecified atom stereocenters. The van der Waals surface area contributed by atoms with Gasteiger partial charge in [0.05, 0.1) is 12.1 Å². The van der Waals surface area contributed by atoms with Crippen molar-refractivity contribution in [1.82, 2.24) is 15.1 Å². The van der Waals surface area contributed by atoms with Crippen LogP contribution >= 0.6 is 0 Å². The summed E-state index contributed by atoms with van der Waals surface area (Å²) < 4.78 is 1.67. The molecule has 1 aliphatic rings. The van der Waals surface area contributed by atoms with Crippen LogP contribution in [0, 0.1) is 0 Å². The topological polar surface area (TPSA) is 76.0 Å². The van der Waals surface area contributed by atoms with E-state index in [1.807, 2.05) is 67.6 Å². The fourth-order valence-electron chi connectivity index (χ4n) is 3.52. The number of amides is 2. The maximum Gasteiger partial charge on any atom is 0.251 e. The minimum atomic E-state index is -0.631. The largest absolute Gasteiger partial charge is 0.352 e. The normalized spacial score (nSPS) is 15.2. The first-order valence-corrected chi connectivity index (χ1v) is 9.45. The zero-order valence-electron chi connectivity index (χ0n) is 15.7. The lowest BCUT2D eigenvalue weighted by molar-refractivity contribution is -0.126. The Morgan fingerprint density at radius 1 is 1.11 bits per heavy atom. The van der Waals surface area contributed by atoms with Crippen molar-refractivity contribution < 1.29 is 9.59 Å². The number of aryl methyl sites for hydroxylation is 1. The molecule has 6 heteroatoms. The molecule has 2 N–H and O–H groups in total. The van der Waals surface area contributed by atoms with E-state index in [2.05, 4.69) is 15.7 Å². The van der Waals surface area contributed by atoms with Crippen LogP contribution in [0.4, 0.5) is 5.82 Å². The number of nitrogens with zero attached hydrogens (tertiary/aromatic N) is 2. The van der Waals surface area contributed by atoms with Crippen molar-refractivity contribution in [3.63, 3.8) is 0 Å². The number of hydrogen-bond donors (Lipinski definition) is 2. The van der Waals surface area contributed by atoms with Crippen LogP contribution in [0.15, 0.2) is 60.7 Å². The van der Waals surface area contributed by atoms with E-state index in [9.17, 15) is 9.59 Å². The van der Waals surface area contributed by atoms with E-state index >= 15 is 0 Å². The van der Waals surface area contributed by atoms with Crippen LogP contribution in [0.3, 0.4) is 0 Å². The van der Waals surface area contributed by atoms with Crippen molar-refractivity contribution >= 4 is 17.6 Å². The summed E-state index contributed by atoms with van der Waals surface area (Å²) in [6, 6.07) is 19.0. The van der Waals surface area contributed by atoms with Crippen LogP contribution in [-0.2, 0) is 22.6 Å². The van der Waals surface area contributed by atoms with Crippen LogP contribution in [0.25, 0.3) is 11.1 Å². The molecule has 2 amide bonds. The highest BCUT2D eigenvalue weighted by atomic mass is 16.2. The predicted molar refractivity (Wildman–Crippen MR) is 108 cm³/mol. The molecule has 1 aliphatic heterocycles. The number of rotatable bonds is 6. The maximum absolute atomic E-state index is 12.5. The van der Waals surface area contributed by atoms with E-state index in [4.69, 9.17) is 0 Å².